The molecule has 1 saturated heterocycles. The highest BCUT2D eigenvalue weighted by Crippen LogP contribution is 2.22. The Bertz CT molecular complexity index is 439. The van der Waals surface area contributed by atoms with Crippen molar-refractivity contribution >= 4 is 21.8 Å². The van der Waals surface area contributed by atoms with Crippen LogP contribution in [0.2, 0.25) is 0 Å². The molecule has 17 heavy (non-hydrogen) atoms. The molecule has 92 valence electrons. The minimum Gasteiger partial charge on any atom is -0.336 e. The Morgan fingerprint density at radius 1 is 1.24 bits per heavy atom. The van der Waals surface area contributed by atoms with Gasteiger partial charge in [0.05, 0.1) is 0 Å². The van der Waals surface area contributed by atoms with Crippen molar-refractivity contribution in [3.05, 3.63) is 33.3 Å². The Morgan fingerprint density at radius 2 is 1.88 bits per heavy atom. The van der Waals surface area contributed by atoms with Crippen molar-refractivity contribution in [3.63, 3.8) is 0 Å². The maximum atomic E-state index is 12.4. The summed E-state index contributed by atoms with van der Waals surface area (Å²) in [7, 11) is 0. The first-order valence-electron chi connectivity index (χ1n) is 5.86. The molecule has 0 aromatic heterocycles. The first kappa shape index (κ1) is 12.6. The molecule has 1 aliphatic rings. The van der Waals surface area contributed by atoms with Gasteiger partial charge in [-0.25, -0.2) is 0 Å². The highest BCUT2D eigenvalue weighted by atomic mass is 79.9. The number of aryl methyl sites for hydroxylation is 2. The number of halogens is 1. The highest BCUT2D eigenvalue weighted by molar-refractivity contribution is 9.10. The summed E-state index contributed by atoms with van der Waals surface area (Å²) in [6.07, 6.45) is 0. The van der Waals surface area contributed by atoms with E-state index in [1.165, 1.54) is 0 Å². The molecule has 1 heterocycles. The van der Waals surface area contributed by atoms with Gasteiger partial charge in [-0.15, -0.1) is 0 Å². The number of nitrogens with zero attached hydrogens (tertiary/aromatic N) is 1. The summed E-state index contributed by atoms with van der Waals surface area (Å²) in [4.78, 5) is 14.3. The van der Waals surface area contributed by atoms with E-state index < -0.39 is 0 Å². The number of rotatable bonds is 1. The normalized spacial score (nSPS) is 16.1. The van der Waals surface area contributed by atoms with Crippen LogP contribution >= 0.6 is 15.9 Å². The predicted octanol–water partition coefficient (Wildman–Crippen LogP) is 2.11. The van der Waals surface area contributed by atoms with E-state index in [1.807, 2.05) is 30.9 Å². The van der Waals surface area contributed by atoms with Gasteiger partial charge in [-0.2, -0.15) is 0 Å². The maximum Gasteiger partial charge on any atom is 0.254 e. The molecule has 3 nitrogen and oxygen atoms in total. The molecular weight excluding hydrogens is 280 g/mol. The lowest BCUT2D eigenvalue weighted by Crippen LogP contribution is -2.46. The van der Waals surface area contributed by atoms with Crippen molar-refractivity contribution in [2.24, 2.45) is 0 Å². The van der Waals surface area contributed by atoms with Crippen molar-refractivity contribution in [1.82, 2.24) is 10.2 Å². The third-order valence-corrected chi connectivity index (χ3v) is 3.99. The monoisotopic (exact) mass is 296 g/mol. The van der Waals surface area contributed by atoms with Gasteiger partial charge in [0, 0.05) is 36.2 Å². The minimum atomic E-state index is 0.152. The lowest BCUT2D eigenvalue weighted by atomic mass is 10.0. The molecule has 1 N–H and O–H groups in total. The van der Waals surface area contributed by atoms with Crippen LogP contribution in [0.25, 0.3) is 0 Å². The second kappa shape index (κ2) is 5.19. The van der Waals surface area contributed by atoms with Gasteiger partial charge in [0.2, 0.25) is 0 Å². The number of carbonyl (C=O) groups is 1. The zero-order valence-electron chi connectivity index (χ0n) is 10.2. The van der Waals surface area contributed by atoms with E-state index >= 15 is 0 Å². The van der Waals surface area contributed by atoms with E-state index in [0.717, 1.165) is 47.3 Å². The van der Waals surface area contributed by atoms with Gasteiger partial charge in [-0.1, -0.05) is 15.9 Å². The summed E-state index contributed by atoms with van der Waals surface area (Å²) in [5.74, 6) is 0.152. The Kier molecular flexibility index (Phi) is 3.84. The summed E-state index contributed by atoms with van der Waals surface area (Å²) >= 11 is 3.49. The van der Waals surface area contributed by atoms with E-state index in [9.17, 15) is 4.79 Å². The Balaban J connectivity index is 2.26. The van der Waals surface area contributed by atoms with Crippen LogP contribution in [0, 0.1) is 13.8 Å². The number of hydrogen-bond donors (Lipinski definition) is 1. The van der Waals surface area contributed by atoms with Crippen molar-refractivity contribution in [2.45, 2.75) is 13.8 Å². The number of benzene rings is 1. The summed E-state index contributed by atoms with van der Waals surface area (Å²) in [5, 5.41) is 3.25. The smallest absolute Gasteiger partial charge is 0.254 e. The van der Waals surface area contributed by atoms with Crippen LogP contribution in [-0.4, -0.2) is 37.0 Å². The maximum absolute atomic E-state index is 12.4. The molecule has 1 fully saturated rings. The fourth-order valence-corrected chi connectivity index (χ4v) is 2.51. The first-order valence-corrected chi connectivity index (χ1v) is 6.65. The second-order valence-electron chi connectivity index (χ2n) is 4.46. The van der Waals surface area contributed by atoms with E-state index in [0.29, 0.717) is 0 Å². The van der Waals surface area contributed by atoms with Crippen molar-refractivity contribution in [2.75, 3.05) is 26.2 Å². The van der Waals surface area contributed by atoms with E-state index in [4.69, 9.17) is 0 Å². The van der Waals surface area contributed by atoms with Gasteiger partial charge < -0.3 is 10.2 Å². The summed E-state index contributed by atoms with van der Waals surface area (Å²) in [6, 6.07) is 3.99. The molecule has 1 aliphatic heterocycles. The van der Waals surface area contributed by atoms with Crippen molar-refractivity contribution < 1.29 is 4.79 Å². The van der Waals surface area contributed by atoms with Crippen LogP contribution in [0.4, 0.5) is 0 Å². The molecule has 1 aromatic rings. The Hall–Kier alpha value is -0.870. The van der Waals surface area contributed by atoms with Gasteiger partial charge in [-0.05, 0) is 37.1 Å². The fraction of sp³-hybridized carbons (Fsp3) is 0.462. The van der Waals surface area contributed by atoms with Crippen molar-refractivity contribution in [1.29, 1.82) is 0 Å². The molecule has 0 saturated carbocycles. The molecule has 0 radical (unpaired) electrons. The average molecular weight is 297 g/mol. The molecule has 0 spiro atoms. The third kappa shape index (κ3) is 2.69. The number of hydrogen-bond acceptors (Lipinski definition) is 2. The molecule has 0 unspecified atom stereocenters. The van der Waals surface area contributed by atoms with Crippen LogP contribution in [0.3, 0.4) is 0 Å². The van der Waals surface area contributed by atoms with E-state index in [1.54, 1.807) is 0 Å². The zero-order valence-corrected chi connectivity index (χ0v) is 11.8. The Morgan fingerprint density at radius 3 is 2.53 bits per heavy atom. The molecule has 0 atom stereocenters. The zero-order chi connectivity index (χ0) is 12.4. The fourth-order valence-electron chi connectivity index (χ4n) is 2.05. The highest BCUT2D eigenvalue weighted by Gasteiger charge is 2.19. The lowest BCUT2D eigenvalue weighted by Gasteiger charge is -2.28. The lowest BCUT2D eigenvalue weighted by molar-refractivity contribution is 0.0735. The van der Waals surface area contributed by atoms with Crippen LogP contribution in [0.1, 0.15) is 21.5 Å². The van der Waals surface area contributed by atoms with E-state index in [-0.39, 0.29) is 5.91 Å². The van der Waals surface area contributed by atoms with Crippen LogP contribution in [-0.2, 0) is 0 Å². The summed E-state index contributed by atoms with van der Waals surface area (Å²) < 4.78 is 1.06. The first-order chi connectivity index (χ1) is 8.09. The number of amides is 1. The quantitative estimate of drug-likeness (QED) is 0.861. The van der Waals surface area contributed by atoms with Gasteiger partial charge in [0.25, 0.3) is 5.91 Å². The summed E-state index contributed by atoms with van der Waals surface area (Å²) in [6.45, 7) is 7.37. The molecule has 1 amide bonds. The molecule has 4 heteroatoms. The van der Waals surface area contributed by atoms with Gasteiger partial charge in [0.1, 0.15) is 0 Å². The molecule has 1 aromatic carbocycles. The van der Waals surface area contributed by atoms with Gasteiger partial charge in [-0.3, -0.25) is 4.79 Å². The second-order valence-corrected chi connectivity index (χ2v) is 5.31. The average Bonchev–Trinajstić information content (AvgIpc) is 2.34. The predicted molar refractivity (Wildman–Crippen MR) is 72.4 cm³/mol. The third-order valence-electron chi connectivity index (χ3n) is 3.14. The van der Waals surface area contributed by atoms with Crippen LogP contribution in [0.15, 0.2) is 16.6 Å². The Labute approximate surface area is 110 Å². The van der Waals surface area contributed by atoms with Crippen molar-refractivity contribution in [3.8, 4) is 0 Å². The number of piperazine rings is 1. The number of nitrogens with one attached hydrogen (secondary N) is 1. The van der Waals surface area contributed by atoms with Crippen LogP contribution in [0.5, 0.6) is 0 Å². The van der Waals surface area contributed by atoms with Crippen LogP contribution < -0.4 is 5.32 Å². The topological polar surface area (TPSA) is 32.3 Å². The minimum absolute atomic E-state index is 0.152. The molecule has 0 aliphatic carbocycles. The number of carbonyl (C=O) groups excluding carboxylic acids is 1. The van der Waals surface area contributed by atoms with E-state index in [2.05, 4.69) is 21.2 Å². The van der Waals surface area contributed by atoms with Gasteiger partial charge >= 0.3 is 0 Å². The molecule has 0 bridgehead atoms. The SMILES string of the molecule is Cc1cc(C(=O)N2CCNCC2)c(C)cc1Br. The largest absolute Gasteiger partial charge is 0.336 e. The molecular formula is C13H17BrN2O. The summed E-state index contributed by atoms with van der Waals surface area (Å²) in [5.41, 5.74) is 2.97. The molecule has 2 rings (SSSR count). The standard InChI is InChI=1S/C13H17BrN2O/c1-9-8-12(14)10(2)7-11(9)13(17)16-5-3-15-4-6-16/h7-8,15H,3-6H2,1-2H3. The van der Waals surface area contributed by atoms with Gasteiger partial charge in [0.15, 0.2) is 0 Å².